The molecule has 0 spiro atoms. The van der Waals surface area contributed by atoms with E-state index in [1.54, 1.807) is 0 Å². The van der Waals surface area contributed by atoms with Gasteiger partial charge in [-0.05, 0) is 67.7 Å². The molecule has 0 aromatic heterocycles. The molecule has 2 aromatic carbocycles. The number of carbonyl (C=O) groups is 2. The van der Waals surface area contributed by atoms with Crippen LogP contribution in [0.4, 0.5) is 0 Å². The Labute approximate surface area is 179 Å². The first-order valence-electron chi connectivity index (χ1n) is 9.67. The molecule has 1 saturated heterocycles. The van der Waals surface area contributed by atoms with Gasteiger partial charge in [-0.25, -0.2) is 0 Å². The van der Waals surface area contributed by atoms with Crippen molar-refractivity contribution in [2.45, 2.75) is 47.9 Å². The first-order valence-corrected chi connectivity index (χ1v) is 10.9. The molecule has 7 heteroatoms. The fourth-order valence-corrected chi connectivity index (χ4v) is 5.00. The number of benzene rings is 2. The largest absolute Gasteiger partial charge is 0.481 e. The van der Waals surface area contributed by atoms with Crippen LogP contribution in [-0.4, -0.2) is 40.1 Å². The number of carboxylic acids is 2. The van der Waals surface area contributed by atoms with Crippen molar-refractivity contribution in [3.8, 4) is 0 Å². The summed E-state index contributed by atoms with van der Waals surface area (Å²) < 4.78 is 0. The highest BCUT2D eigenvalue weighted by Crippen LogP contribution is 2.43. The highest BCUT2D eigenvalue weighted by Gasteiger charge is 2.29. The van der Waals surface area contributed by atoms with Gasteiger partial charge in [-0.3, -0.25) is 14.5 Å². The number of hydrogen-bond acceptors (Lipinski definition) is 4. The zero-order chi connectivity index (χ0) is 20.8. The molecule has 0 amide bonds. The van der Waals surface area contributed by atoms with E-state index in [4.69, 9.17) is 21.8 Å². The van der Waals surface area contributed by atoms with Crippen molar-refractivity contribution in [1.82, 2.24) is 4.90 Å². The van der Waals surface area contributed by atoms with E-state index in [1.807, 2.05) is 17.8 Å². The van der Waals surface area contributed by atoms with E-state index >= 15 is 0 Å². The van der Waals surface area contributed by atoms with E-state index in [9.17, 15) is 9.59 Å². The lowest BCUT2D eigenvalue weighted by molar-refractivity contribution is -0.143. The molecule has 4 rings (SSSR count). The Hall–Kier alpha value is -2.02. The standard InChI is InChI=1S/C18H18ClNS.C4H6O4/c19-14-7-8-17-13(11-14)12-16(20-9-3-4-10-20)15-5-1-2-6-18(15)21-17;5-3(6)1-2-4(7)8/h1-2,5-8,11,16H,3-4,9-10,12H2;1-2H2,(H,5,6)(H,7,8). The van der Waals surface area contributed by atoms with Crippen molar-refractivity contribution in [2.75, 3.05) is 13.1 Å². The van der Waals surface area contributed by atoms with Crippen LogP contribution in [0.2, 0.25) is 5.02 Å². The Bertz CT molecular complexity index is 869. The van der Waals surface area contributed by atoms with E-state index in [-0.39, 0.29) is 12.8 Å². The number of rotatable bonds is 4. The summed E-state index contributed by atoms with van der Waals surface area (Å²) in [6, 6.07) is 15.7. The van der Waals surface area contributed by atoms with Gasteiger partial charge in [-0.2, -0.15) is 0 Å². The van der Waals surface area contributed by atoms with E-state index in [1.165, 1.54) is 46.8 Å². The predicted octanol–water partition coefficient (Wildman–Crippen LogP) is 5.12. The van der Waals surface area contributed by atoms with Gasteiger partial charge in [0.2, 0.25) is 0 Å². The Morgan fingerprint density at radius 3 is 2.31 bits per heavy atom. The molecule has 0 aliphatic carbocycles. The molecule has 2 heterocycles. The number of likely N-dealkylation sites (tertiary alicyclic amines) is 1. The van der Waals surface area contributed by atoms with E-state index in [0.717, 1.165) is 11.4 Å². The molecule has 2 aromatic rings. The molecule has 2 N–H and O–H groups in total. The maximum absolute atomic E-state index is 9.64. The van der Waals surface area contributed by atoms with Crippen LogP contribution in [0.15, 0.2) is 52.3 Å². The van der Waals surface area contributed by atoms with Gasteiger partial charge in [0.15, 0.2) is 0 Å². The summed E-state index contributed by atoms with van der Waals surface area (Å²) in [6.45, 7) is 2.44. The molecule has 2 aliphatic rings. The molecule has 1 fully saturated rings. The Kier molecular flexibility index (Phi) is 7.58. The van der Waals surface area contributed by atoms with Crippen molar-refractivity contribution >= 4 is 35.3 Å². The summed E-state index contributed by atoms with van der Waals surface area (Å²) in [5.74, 6) is -2.15. The monoisotopic (exact) mass is 433 g/mol. The van der Waals surface area contributed by atoms with Crippen LogP contribution >= 0.6 is 23.4 Å². The molecule has 1 atom stereocenters. The third-order valence-corrected chi connectivity index (χ3v) is 6.51. The first kappa shape index (κ1) is 21.7. The van der Waals surface area contributed by atoms with Gasteiger partial charge in [0.1, 0.15) is 0 Å². The summed E-state index contributed by atoms with van der Waals surface area (Å²) in [6.07, 6.45) is 3.13. The summed E-state index contributed by atoms with van der Waals surface area (Å²) in [5, 5.41) is 16.6. The van der Waals surface area contributed by atoms with Crippen LogP contribution in [0, 0.1) is 0 Å². The third kappa shape index (κ3) is 5.98. The summed E-state index contributed by atoms with van der Waals surface area (Å²) >= 11 is 8.12. The van der Waals surface area contributed by atoms with Gasteiger partial charge in [0.25, 0.3) is 0 Å². The van der Waals surface area contributed by atoms with E-state index < -0.39 is 11.9 Å². The van der Waals surface area contributed by atoms with E-state index in [2.05, 4.69) is 41.3 Å². The highest BCUT2D eigenvalue weighted by atomic mass is 35.5. The minimum absolute atomic E-state index is 0.296. The lowest BCUT2D eigenvalue weighted by atomic mass is 9.97. The van der Waals surface area contributed by atoms with Crippen molar-refractivity contribution in [1.29, 1.82) is 0 Å². The first-order chi connectivity index (χ1) is 13.9. The molecule has 0 bridgehead atoms. The molecule has 5 nitrogen and oxygen atoms in total. The second-order valence-corrected chi connectivity index (χ2v) is 8.66. The van der Waals surface area contributed by atoms with Crippen molar-refractivity contribution in [3.05, 3.63) is 58.6 Å². The lowest BCUT2D eigenvalue weighted by Gasteiger charge is -2.28. The maximum atomic E-state index is 9.64. The van der Waals surface area contributed by atoms with Gasteiger partial charge >= 0.3 is 11.9 Å². The topological polar surface area (TPSA) is 77.8 Å². The number of aliphatic carboxylic acids is 2. The Balaban J connectivity index is 0.000000258. The summed E-state index contributed by atoms with van der Waals surface area (Å²) in [5.41, 5.74) is 2.87. The number of nitrogens with zero attached hydrogens (tertiary/aromatic N) is 1. The van der Waals surface area contributed by atoms with Crippen molar-refractivity contribution in [3.63, 3.8) is 0 Å². The van der Waals surface area contributed by atoms with E-state index in [0.29, 0.717) is 6.04 Å². The van der Waals surface area contributed by atoms with Crippen LogP contribution in [0.5, 0.6) is 0 Å². The van der Waals surface area contributed by atoms with Crippen molar-refractivity contribution in [2.24, 2.45) is 0 Å². The van der Waals surface area contributed by atoms with Gasteiger partial charge in [-0.15, -0.1) is 0 Å². The quantitative estimate of drug-likeness (QED) is 0.696. The molecular formula is C22H24ClNO4S. The zero-order valence-electron chi connectivity index (χ0n) is 16.0. The molecule has 29 heavy (non-hydrogen) atoms. The van der Waals surface area contributed by atoms with Gasteiger partial charge < -0.3 is 10.2 Å². The molecule has 154 valence electrons. The smallest absolute Gasteiger partial charge is 0.303 e. The van der Waals surface area contributed by atoms with Gasteiger partial charge in [0.05, 0.1) is 12.8 Å². The SMILES string of the molecule is Clc1ccc2c(c1)CC(N1CCCC1)c1ccccc1S2.O=C(O)CCC(=O)O. The van der Waals surface area contributed by atoms with Gasteiger partial charge in [-0.1, -0.05) is 41.6 Å². The predicted molar refractivity (Wildman–Crippen MR) is 114 cm³/mol. The molecule has 0 saturated carbocycles. The number of carboxylic acid groups (broad SMARTS) is 2. The highest BCUT2D eigenvalue weighted by molar-refractivity contribution is 7.99. The third-order valence-electron chi connectivity index (χ3n) is 5.07. The minimum atomic E-state index is -1.08. The second kappa shape index (κ2) is 10.1. The zero-order valence-corrected chi connectivity index (χ0v) is 17.6. The fraction of sp³-hybridized carbons (Fsp3) is 0.364. The van der Waals surface area contributed by atoms with Crippen LogP contribution < -0.4 is 0 Å². The fourth-order valence-electron chi connectivity index (χ4n) is 3.69. The average molecular weight is 434 g/mol. The summed E-state index contributed by atoms with van der Waals surface area (Å²) in [7, 11) is 0. The molecule has 0 radical (unpaired) electrons. The molecular weight excluding hydrogens is 410 g/mol. The van der Waals surface area contributed by atoms with Crippen molar-refractivity contribution < 1.29 is 19.8 Å². The maximum Gasteiger partial charge on any atom is 0.303 e. The molecule has 1 unspecified atom stereocenters. The van der Waals surface area contributed by atoms with Crippen LogP contribution in [0.3, 0.4) is 0 Å². The van der Waals surface area contributed by atoms with Crippen LogP contribution in [-0.2, 0) is 16.0 Å². The normalized spacial score (nSPS) is 18.0. The summed E-state index contributed by atoms with van der Waals surface area (Å²) in [4.78, 5) is 24.7. The second-order valence-electron chi connectivity index (χ2n) is 7.14. The average Bonchev–Trinajstić information content (AvgIpc) is 3.17. The minimum Gasteiger partial charge on any atom is -0.481 e. The number of hydrogen-bond donors (Lipinski definition) is 2. The number of halogens is 1. The number of fused-ring (bicyclic) bond motifs is 2. The van der Waals surface area contributed by atoms with Crippen LogP contribution in [0.25, 0.3) is 0 Å². The lowest BCUT2D eigenvalue weighted by Crippen LogP contribution is -2.27. The Morgan fingerprint density at radius 1 is 1.00 bits per heavy atom. The van der Waals surface area contributed by atoms with Crippen LogP contribution in [0.1, 0.15) is 42.9 Å². The van der Waals surface area contributed by atoms with Gasteiger partial charge in [0, 0.05) is 20.9 Å². The Morgan fingerprint density at radius 2 is 1.66 bits per heavy atom. The molecule has 2 aliphatic heterocycles.